The number of ether oxygens (including phenoxy) is 2. The Bertz CT molecular complexity index is 1380. The smallest absolute Gasteiger partial charge is 0.341 e. The molecule has 0 bridgehead atoms. The van der Waals surface area contributed by atoms with E-state index in [1.807, 2.05) is 35.2 Å². The Labute approximate surface area is 215 Å². The minimum Gasteiger partial charge on any atom is -0.493 e. The molecule has 4 aromatic rings. The third kappa shape index (κ3) is 5.35. The highest BCUT2D eigenvalue weighted by Gasteiger charge is 2.26. The second-order valence-electron chi connectivity index (χ2n) is 9.14. The van der Waals surface area contributed by atoms with Gasteiger partial charge in [0, 0.05) is 25.1 Å². The summed E-state index contributed by atoms with van der Waals surface area (Å²) in [7, 11) is 0. The van der Waals surface area contributed by atoms with Crippen molar-refractivity contribution in [1.29, 1.82) is 0 Å². The number of fused-ring (bicyclic) bond motifs is 2. The minimum absolute atomic E-state index is 0.0169. The molecule has 2 aromatic heterocycles. The first-order valence-electron chi connectivity index (χ1n) is 12.7. The number of hydrogen-bond donors (Lipinski definition) is 2. The molecular weight excluding hydrogens is 470 g/mol. The summed E-state index contributed by atoms with van der Waals surface area (Å²) in [5.41, 5.74) is 4.33. The number of aromatic nitrogens is 4. The number of carbonyl (C=O) groups excluding carboxylic acids is 2. The number of benzene rings is 2. The lowest BCUT2D eigenvalue weighted by Crippen LogP contribution is -2.36. The molecule has 9 nitrogen and oxygen atoms in total. The van der Waals surface area contributed by atoms with Crippen molar-refractivity contribution in [2.45, 2.75) is 45.6 Å². The molecule has 0 radical (unpaired) electrons. The predicted molar refractivity (Wildman–Crippen MR) is 138 cm³/mol. The maximum Gasteiger partial charge on any atom is 0.341 e. The number of rotatable bonds is 9. The molecule has 0 spiro atoms. The maximum absolute atomic E-state index is 12.9. The summed E-state index contributed by atoms with van der Waals surface area (Å²) in [6.07, 6.45) is 1.65. The average Bonchev–Trinajstić information content (AvgIpc) is 3.55. The molecule has 37 heavy (non-hydrogen) atoms. The van der Waals surface area contributed by atoms with Gasteiger partial charge in [0.2, 0.25) is 5.91 Å². The standard InChI is InChI=1S/C28H31N5O4/c1-3-36-28(35)19-9-4-7-12-24(19)37-16-8-13-25(34)33-15-14-22-23(17-33)32-27(31-22)18(2)26-29-20-10-5-6-11-21(20)30-26/h4-7,9-12,18H,3,8,13-17H2,1-2H3,(H,29,30)(H,31,32). The monoisotopic (exact) mass is 501 g/mol. The van der Waals surface area contributed by atoms with Gasteiger partial charge in [-0.25, -0.2) is 14.8 Å². The van der Waals surface area contributed by atoms with Gasteiger partial charge < -0.3 is 24.3 Å². The first kappa shape index (κ1) is 24.5. The Morgan fingerprint density at radius 2 is 1.84 bits per heavy atom. The Kier molecular flexibility index (Phi) is 7.20. The van der Waals surface area contributed by atoms with Gasteiger partial charge >= 0.3 is 5.97 Å². The molecule has 1 amide bonds. The van der Waals surface area contributed by atoms with E-state index < -0.39 is 5.97 Å². The summed E-state index contributed by atoms with van der Waals surface area (Å²) in [6.45, 7) is 5.62. The molecule has 0 saturated heterocycles. The van der Waals surface area contributed by atoms with E-state index >= 15 is 0 Å². The fourth-order valence-corrected chi connectivity index (χ4v) is 4.57. The van der Waals surface area contributed by atoms with Crippen LogP contribution in [0.15, 0.2) is 48.5 Å². The van der Waals surface area contributed by atoms with Crippen molar-refractivity contribution in [3.63, 3.8) is 0 Å². The number of amides is 1. The predicted octanol–water partition coefficient (Wildman–Crippen LogP) is 4.36. The summed E-state index contributed by atoms with van der Waals surface area (Å²) in [5.74, 6) is 1.83. The van der Waals surface area contributed by atoms with Crippen LogP contribution < -0.4 is 4.74 Å². The van der Waals surface area contributed by atoms with Gasteiger partial charge in [0.05, 0.1) is 42.4 Å². The van der Waals surface area contributed by atoms with Crippen LogP contribution in [0.3, 0.4) is 0 Å². The lowest BCUT2D eigenvalue weighted by molar-refractivity contribution is -0.132. The summed E-state index contributed by atoms with van der Waals surface area (Å²) in [4.78, 5) is 43.2. The average molecular weight is 502 g/mol. The van der Waals surface area contributed by atoms with Crippen molar-refractivity contribution >= 4 is 22.9 Å². The van der Waals surface area contributed by atoms with Crippen LogP contribution in [-0.2, 0) is 22.5 Å². The van der Waals surface area contributed by atoms with Gasteiger partial charge in [0.15, 0.2) is 0 Å². The van der Waals surface area contributed by atoms with Crippen molar-refractivity contribution in [1.82, 2.24) is 24.8 Å². The molecule has 1 aliphatic rings. The summed E-state index contributed by atoms with van der Waals surface area (Å²) < 4.78 is 10.9. The first-order valence-corrected chi connectivity index (χ1v) is 12.7. The second kappa shape index (κ2) is 10.9. The summed E-state index contributed by atoms with van der Waals surface area (Å²) in [5, 5.41) is 0. The summed E-state index contributed by atoms with van der Waals surface area (Å²) >= 11 is 0. The summed E-state index contributed by atoms with van der Waals surface area (Å²) in [6, 6.07) is 15.0. The Morgan fingerprint density at radius 3 is 2.68 bits per heavy atom. The van der Waals surface area contributed by atoms with Gasteiger partial charge in [-0.3, -0.25) is 4.79 Å². The van der Waals surface area contributed by atoms with Crippen LogP contribution in [0.25, 0.3) is 11.0 Å². The van der Waals surface area contributed by atoms with Crippen LogP contribution in [-0.4, -0.2) is 56.5 Å². The molecule has 192 valence electrons. The van der Waals surface area contributed by atoms with Crippen molar-refractivity contribution in [3.8, 4) is 5.75 Å². The highest BCUT2D eigenvalue weighted by atomic mass is 16.5. The van der Waals surface area contributed by atoms with Crippen LogP contribution in [0, 0.1) is 0 Å². The highest BCUT2D eigenvalue weighted by molar-refractivity contribution is 5.92. The van der Waals surface area contributed by atoms with Gasteiger partial charge in [0.25, 0.3) is 0 Å². The molecule has 0 aliphatic carbocycles. The molecule has 3 heterocycles. The van der Waals surface area contributed by atoms with E-state index in [4.69, 9.17) is 19.4 Å². The number of carbonyl (C=O) groups is 2. The third-order valence-electron chi connectivity index (χ3n) is 6.61. The van der Waals surface area contributed by atoms with Crippen molar-refractivity contribution in [3.05, 3.63) is 77.1 Å². The van der Waals surface area contributed by atoms with Crippen LogP contribution >= 0.6 is 0 Å². The molecule has 1 aliphatic heterocycles. The van der Waals surface area contributed by atoms with Gasteiger partial charge in [-0.15, -0.1) is 0 Å². The van der Waals surface area contributed by atoms with Gasteiger partial charge in [-0.1, -0.05) is 24.3 Å². The van der Waals surface area contributed by atoms with Crippen LogP contribution in [0.2, 0.25) is 0 Å². The number of aromatic amines is 2. The highest BCUT2D eigenvalue weighted by Crippen LogP contribution is 2.26. The van der Waals surface area contributed by atoms with E-state index in [1.165, 1.54) is 0 Å². The Hall–Kier alpha value is -4.14. The number of nitrogens with one attached hydrogen (secondary N) is 2. The zero-order valence-corrected chi connectivity index (χ0v) is 21.1. The zero-order valence-electron chi connectivity index (χ0n) is 21.1. The molecule has 5 rings (SSSR count). The molecule has 2 aromatic carbocycles. The minimum atomic E-state index is -0.411. The number of H-pyrrole nitrogens is 2. The molecule has 9 heteroatoms. The molecule has 1 unspecified atom stereocenters. The van der Waals surface area contributed by atoms with Gasteiger partial charge in [0.1, 0.15) is 23.0 Å². The van der Waals surface area contributed by atoms with Crippen molar-refractivity contribution < 1.29 is 19.1 Å². The van der Waals surface area contributed by atoms with Crippen LogP contribution in [0.5, 0.6) is 5.75 Å². The SMILES string of the molecule is CCOC(=O)c1ccccc1OCCCC(=O)N1CCc2[nH]c(C(C)c3nc4ccccc4[nH]3)nc2C1. The topological polar surface area (TPSA) is 113 Å². The van der Waals surface area contributed by atoms with Gasteiger partial charge in [-0.05, 0) is 44.5 Å². The van der Waals surface area contributed by atoms with Crippen LogP contribution in [0.1, 0.15) is 66.0 Å². The first-order chi connectivity index (χ1) is 18.0. The molecule has 2 N–H and O–H groups in total. The fourth-order valence-electron chi connectivity index (χ4n) is 4.57. The van der Waals surface area contributed by atoms with Gasteiger partial charge in [-0.2, -0.15) is 0 Å². The van der Waals surface area contributed by atoms with Crippen molar-refractivity contribution in [2.75, 3.05) is 19.8 Å². The fraction of sp³-hybridized carbons (Fsp3) is 0.357. The Morgan fingerprint density at radius 1 is 1.05 bits per heavy atom. The normalized spacial score (nSPS) is 13.8. The quantitative estimate of drug-likeness (QED) is 0.260. The number of para-hydroxylation sites is 3. The molecule has 0 fully saturated rings. The van der Waals surface area contributed by atoms with E-state index in [2.05, 4.69) is 16.9 Å². The van der Waals surface area contributed by atoms with Crippen molar-refractivity contribution in [2.24, 2.45) is 0 Å². The van der Waals surface area contributed by atoms with E-state index in [-0.39, 0.29) is 11.8 Å². The molecule has 1 atom stereocenters. The lowest BCUT2D eigenvalue weighted by Gasteiger charge is -2.26. The lowest BCUT2D eigenvalue weighted by atomic mass is 10.1. The number of imidazole rings is 2. The number of esters is 1. The van der Waals surface area contributed by atoms with E-state index in [0.29, 0.717) is 50.5 Å². The number of nitrogens with zero attached hydrogens (tertiary/aromatic N) is 3. The number of hydrogen-bond acceptors (Lipinski definition) is 6. The second-order valence-corrected chi connectivity index (χ2v) is 9.14. The zero-order chi connectivity index (χ0) is 25.8. The molecule has 0 saturated carbocycles. The van der Waals surface area contributed by atoms with E-state index in [1.54, 1.807) is 25.1 Å². The largest absolute Gasteiger partial charge is 0.493 e. The molecular formula is C28H31N5O4. The maximum atomic E-state index is 12.9. The van der Waals surface area contributed by atoms with E-state index in [9.17, 15) is 9.59 Å². The van der Waals surface area contributed by atoms with E-state index in [0.717, 1.165) is 40.5 Å². The Balaban J connectivity index is 1.15. The third-order valence-corrected chi connectivity index (χ3v) is 6.61. The van der Waals surface area contributed by atoms with Crippen LogP contribution in [0.4, 0.5) is 0 Å².